The first kappa shape index (κ1) is 14.4. The van der Waals surface area contributed by atoms with Crippen molar-refractivity contribution in [3.05, 3.63) is 48.3 Å². The third kappa shape index (κ3) is 2.99. The predicted molar refractivity (Wildman–Crippen MR) is 93.0 cm³/mol. The maximum Gasteiger partial charge on any atom is 0.156 e. The highest BCUT2D eigenvalue weighted by Crippen LogP contribution is 2.30. The molecule has 0 amide bonds. The summed E-state index contributed by atoms with van der Waals surface area (Å²) in [6.45, 7) is 8.08. The minimum Gasteiger partial charge on any atom is -0.345 e. The lowest BCUT2D eigenvalue weighted by Gasteiger charge is -2.19. The van der Waals surface area contributed by atoms with Crippen LogP contribution in [0.1, 0.15) is 25.8 Å². The highest BCUT2D eigenvalue weighted by atomic mass is 15.1. The van der Waals surface area contributed by atoms with Crippen molar-refractivity contribution in [1.29, 1.82) is 0 Å². The van der Waals surface area contributed by atoms with E-state index in [2.05, 4.69) is 53.0 Å². The lowest BCUT2D eigenvalue weighted by molar-refractivity contribution is 0.284. The predicted octanol–water partition coefficient (Wildman–Crippen LogP) is 3.86. The molecule has 1 aliphatic heterocycles. The zero-order chi connectivity index (χ0) is 15.9. The number of fused-ring (bicyclic) bond motifs is 1. The molecule has 3 heterocycles. The fourth-order valence-electron chi connectivity index (χ4n) is 3.42. The molecule has 0 bridgehead atoms. The van der Waals surface area contributed by atoms with Crippen LogP contribution in [0.5, 0.6) is 0 Å². The van der Waals surface area contributed by atoms with E-state index in [-0.39, 0.29) is 0 Å². The molecule has 118 valence electrons. The van der Waals surface area contributed by atoms with E-state index in [1.807, 2.05) is 18.5 Å². The molecule has 4 rings (SSSR count). The van der Waals surface area contributed by atoms with Crippen LogP contribution >= 0.6 is 0 Å². The molecule has 1 aliphatic rings. The van der Waals surface area contributed by atoms with Crippen LogP contribution in [0.2, 0.25) is 0 Å². The van der Waals surface area contributed by atoms with Crippen LogP contribution < -0.4 is 0 Å². The summed E-state index contributed by atoms with van der Waals surface area (Å²) < 4.78 is 0. The van der Waals surface area contributed by atoms with Crippen molar-refractivity contribution >= 4 is 11.2 Å². The van der Waals surface area contributed by atoms with Crippen molar-refractivity contribution in [2.24, 2.45) is 5.41 Å². The number of likely N-dealkylation sites (tertiary alicyclic amines) is 1. The molecule has 4 nitrogen and oxygen atoms in total. The molecular weight excluding hydrogens is 284 g/mol. The largest absolute Gasteiger partial charge is 0.345 e. The summed E-state index contributed by atoms with van der Waals surface area (Å²) >= 11 is 0. The molecule has 0 atom stereocenters. The number of hydrogen-bond donors (Lipinski definition) is 1. The molecule has 1 saturated heterocycles. The van der Waals surface area contributed by atoms with E-state index in [0.29, 0.717) is 5.41 Å². The molecule has 3 aromatic rings. The standard InChI is InChI=1S/C19H22N4/c1-19(2)7-9-23(13-19)12-14-4-3-5-15(10-14)17-11-21-18-16(22-17)6-8-20-18/h3-6,8,10-11H,7,9,12-13H2,1-2H3,(H,20,21). The second-order valence-corrected chi connectivity index (χ2v) is 7.29. The van der Waals surface area contributed by atoms with Crippen LogP contribution in [0.15, 0.2) is 42.7 Å². The van der Waals surface area contributed by atoms with Gasteiger partial charge in [0.2, 0.25) is 0 Å². The summed E-state index contributed by atoms with van der Waals surface area (Å²) in [6, 6.07) is 10.6. The monoisotopic (exact) mass is 306 g/mol. The van der Waals surface area contributed by atoms with Gasteiger partial charge in [0.05, 0.1) is 11.9 Å². The Bertz CT molecular complexity index is 834. The molecule has 0 spiro atoms. The highest BCUT2D eigenvalue weighted by molar-refractivity contribution is 5.74. The Morgan fingerprint density at radius 2 is 2.17 bits per heavy atom. The number of nitrogens with zero attached hydrogens (tertiary/aromatic N) is 3. The Balaban J connectivity index is 1.58. The maximum absolute atomic E-state index is 4.69. The van der Waals surface area contributed by atoms with E-state index in [9.17, 15) is 0 Å². The normalized spacial score (nSPS) is 17.8. The highest BCUT2D eigenvalue weighted by Gasteiger charge is 2.28. The molecule has 1 aromatic carbocycles. The van der Waals surface area contributed by atoms with Crippen LogP contribution in [-0.4, -0.2) is 32.9 Å². The van der Waals surface area contributed by atoms with E-state index >= 15 is 0 Å². The Morgan fingerprint density at radius 1 is 1.26 bits per heavy atom. The first-order valence-electron chi connectivity index (χ1n) is 8.21. The SMILES string of the molecule is CC1(C)CCN(Cc2cccc(-c3cnc4[nH]ccc4n3)c2)C1. The molecule has 0 radical (unpaired) electrons. The third-order valence-corrected chi connectivity index (χ3v) is 4.65. The summed E-state index contributed by atoms with van der Waals surface area (Å²) in [5, 5.41) is 0. The third-order valence-electron chi connectivity index (χ3n) is 4.65. The molecule has 4 heteroatoms. The van der Waals surface area contributed by atoms with Gasteiger partial charge in [-0.15, -0.1) is 0 Å². The van der Waals surface area contributed by atoms with Crippen LogP contribution in [0.4, 0.5) is 0 Å². The molecule has 0 aliphatic carbocycles. The number of H-pyrrole nitrogens is 1. The number of aromatic nitrogens is 3. The molecule has 0 saturated carbocycles. The van der Waals surface area contributed by atoms with Crippen molar-refractivity contribution < 1.29 is 0 Å². The van der Waals surface area contributed by atoms with Gasteiger partial charge in [-0.05, 0) is 36.1 Å². The first-order valence-corrected chi connectivity index (χ1v) is 8.21. The van der Waals surface area contributed by atoms with Gasteiger partial charge in [0.25, 0.3) is 0 Å². The Morgan fingerprint density at radius 3 is 3.00 bits per heavy atom. The second kappa shape index (κ2) is 5.46. The molecule has 0 unspecified atom stereocenters. The summed E-state index contributed by atoms with van der Waals surface area (Å²) in [4.78, 5) is 14.8. The van der Waals surface area contributed by atoms with Crippen LogP contribution in [-0.2, 0) is 6.54 Å². The van der Waals surface area contributed by atoms with Gasteiger partial charge in [-0.25, -0.2) is 9.97 Å². The van der Waals surface area contributed by atoms with E-state index in [4.69, 9.17) is 4.98 Å². The van der Waals surface area contributed by atoms with Crippen molar-refractivity contribution in [2.45, 2.75) is 26.8 Å². The lowest BCUT2D eigenvalue weighted by Crippen LogP contribution is -2.22. The van der Waals surface area contributed by atoms with Gasteiger partial charge in [-0.1, -0.05) is 32.0 Å². The van der Waals surface area contributed by atoms with Gasteiger partial charge in [0.15, 0.2) is 5.65 Å². The Labute approximate surface area is 136 Å². The summed E-state index contributed by atoms with van der Waals surface area (Å²) in [5.41, 5.74) is 5.61. The zero-order valence-electron chi connectivity index (χ0n) is 13.7. The van der Waals surface area contributed by atoms with E-state index in [1.165, 1.54) is 25.1 Å². The van der Waals surface area contributed by atoms with Crippen LogP contribution in [0, 0.1) is 5.41 Å². The van der Waals surface area contributed by atoms with Crippen molar-refractivity contribution in [2.75, 3.05) is 13.1 Å². The van der Waals surface area contributed by atoms with Crippen LogP contribution in [0.25, 0.3) is 22.4 Å². The molecule has 23 heavy (non-hydrogen) atoms. The second-order valence-electron chi connectivity index (χ2n) is 7.29. The molecule has 1 fully saturated rings. The fourth-order valence-corrected chi connectivity index (χ4v) is 3.42. The average Bonchev–Trinajstić information content (AvgIpc) is 3.13. The minimum atomic E-state index is 0.447. The number of rotatable bonds is 3. The number of nitrogens with one attached hydrogen (secondary N) is 1. The molecule has 2 aromatic heterocycles. The van der Waals surface area contributed by atoms with E-state index in [1.54, 1.807) is 0 Å². The number of benzene rings is 1. The smallest absolute Gasteiger partial charge is 0.156 e. The Kier molecular flexibility index (Phi) is 3.42. The zero-order valence-corrected chi connectivity index (χ0v) is 13.7. The topological polar surface area (TPSA) is 44.8 Å². The van der Waals surface area contributed by atoms with Crippen molar-refractivity contribution in [3.8, 4) is 11.3 Å². The minimum absolute atomic E-state index is 0.447. The summed E-state index contributed by atoms with van der Waals surface area (Å²) in [5.74, 6) is 0. The lowest BCUT2D eigenvalue weighted by atomic mass is 9.93. The van der Waals surface area contributed by atoms with Crippen molar-refractivity contribution in [1.82, 2.24) is 19.9 Å². The van der Waals surface area contributed by atoms with E-state index in [0.717, 1.165) is 29.0 Å². The number of aromatic amines is 1. The quantitative estimate of drug-likeness (QED) is 0.799. The van der Waals surface area contributed by atoms with Crippen LogP contribution in [0.3, 0.4) is 0 Å². The Hall–Kier alpha value is -2.20. The number of hydrogen-bond acceptors (Lipinski definition) is 3. The van der Waals surface area contributed by atoms with E-state index < -0.39 is 0 Å². The summed E-state index contributed by atoms with van der Waals surface area (Å²) in [6.07, 6.45) is 5.00. The van der Waals surface area contributed by atoms with Gasteiger partial charge < -0.3 is 4.98 Å². The van der Waals surface area contributed by atoms with Gasteiger partial charge in [0.1, 0.15) is 5.52 Å². The first-order chi connectivity index (χ1) is 11.1. The fraction of sp³-hybridized carbons (Fsp3) is 0.368. The molecule has 1 N–H and O–H groups in total. The average molecular weight is 306 g/mol. The van der Waals surface area contributed by atoms with Gasteiger partial charge in [0, 0.05) is 24.8 Å². The van der Waals surface area contributed by atoms with Gasteiger partial charge >= 0.3 is 0 Å². The summed E-state index contributed by atoms with van der Waals surface area (Å²) in [7, 11) is 0. The maximum atomic E-state index is 4.69. The van der Waals surface area contributed by atoms with Gasteiger partial charge in [-0.2, -0.15) is 0 Å². The van der Waals surface area contributed by atoms with Gasteiger partial charge in [-0.3, -0.25) is 4.90 Å². The molecular formula is C19H22N4. The van der Waals surface area contributed by atoms with Crippen molar-refractivity contribution in [3.63, 3.8) is 0 Å².